The van der Waals surface area contributed by atoms with Gasteiger partial charge in [0.25, 0.3) is 0 Å². The van der Waals surface area contributed by atoms with Crippen molar-refractivity contribution >= 4 is 5.91 Å². The van der Waals surface area contributed by atoms with Gasteiger partial charge < -0.3 is 18.9 Å². The lowest BCUT2D eigenvalue weighted by Gasteiger charge is -2.43. The van der Waals surface area contributed by atoms with Crippen LogP contribution < -0.4 is 0 Å². The summed E-state index contributed by atoms with van der Waals surface area (Å²) in [6, 6.07) is 0. The number of morpholine rings is 1. The van der Waals surface area contributed by atoms with Gasteiger partial charge in [0, 0.05) is 38.4 Å². The molecule has 0 radical (unpaired) electrons. The van der Waals surface area contributed by atoms with E-state index in [1.54, 1.807) is 0 Å². The fourth-order valence-corrected chi connectivity index (χ4v) is 4.45. The van der Waals surface area contributed by atoms with E-state index >= 15 is 0 Å². The van der Waals surface area contributed by atoms with E-state index in [2.05, 4.69) is 14.5 Å². The average Bonchev–Trinajstić information content (AvgIpc) is 3.27. The van der Waals surface area contributed by atoms with E-state index in [9.17, 15) is 4.79 Å². The third kappa shape index (κ3) is 3.80. The third-order valence-corrected chi connectivity index (χ3v) is 5.91. The quantitative estimate of drug-likeness (QED) is 0.813. The van der Waals surface area contributed by atoms with Gasteiger partial charge in [-0.1, -0.05) is 12.8 Å². The summed E-state index contributed by atoms with van der Waals surface area (Å²) in [6.07, 6.45) is 9.20. The molecule has 1 aromatic rings. The molecule has 1 aliphatic carbocycles. The molecule has 26 heavy (non-hydrogen) atoms. The van der Waals surface area contributed by atoms with Gasteiger partial charge >= 0.3 is 0 Å². The number of hydrogen-bond donors (Lipinski definition) is 0. The predicted octanol–water partition coefficient (Wildman–Crippen LogP) is 1.39. The first-order chi connectivity index (χ1) is 12.7. The second-order valence-electron chi connectivity index (χ2n) is 7.87. The van der Waals surface area contributed by atoms with Gasteiger partial charge in [-0.3, -0.25) is 9.69 Å². The summed E-state index contributed by atoms with van der Waals surface area (Å²) in [5.74, 6) is 0.846. The van der Waals surface area contributed by atoms with Crippen molar-refractivity contribution in [1.29, 1.82) is 0 Å². The van der Waals surface area contributed by atoms with Crippen molar-refractivity contribution in [3.63, 3.8) is 0 Å². The summed E-state index contributed by atoms with van der Waals surface area (Å²) in [6.45, 7) is 4.84. The van der Waals surface area contributed by atoms with Crippen LogP contribution in [-0.4, -0.2) is 70.4 Å². The van der Waals surface area contributed by atoms with Crippen LogP contribution in [0.25, 0.3) is 0 Å². The molecule has 2 saturated heterocycles. The Balaban J connectivity index is 1.44. The number of aryl methyl sites for hydroxylation is 1. The topological polar surface area (TPSA) is 59.8 Å². The first-order valence-corrected chi connectivity index (χ1v) is 9.90. The number of nitrogens with zero attached hydrogens (tertiary/aromatic N) is 4. The van der Waals surface area contributed by atoms with Crippen LogP contribution in [0.15, 0.2) is 12.4 Å². The Kier molecular flexibility index (Phi) is 5.29. The van der Waals surface area contributed by atoms with E-state index in [4.69, 9.17) is 9.47 Å². The van der Waals surface area contributed by atoms with Crippen molar-refractivity contribution in [3.05, 3.63) is 18.2 Å². The Hall–Kier alpha value is -1.44. The number of rotatable bonds is 3. The average molecular weight is 362 g/mol. The van der Waals surface area contributed by atoms with Crippen molar-refractivity contribution in [1.82, 2.24) is 19.4 Å². The zero-order chi connectivity index (χ0) is 18.0. The fourth-order valence-electron chi connectivity index (χ4n) is 4.45. The van der Waals surface area contributed by atoms with E-state index in [0.717, 1.165) is 38.2 Å². The van der Waals surface area contributed by atoms with Gasteiger partial charge in [-0.15, -0.1) is 0 Å². The molecule has 1 aromatic heterocycles. The third-order valence-electron chi connectivity index (χ3n) is 5.91. The van der Waals surface area contributed by atoms with Crippen LogP contribution in [0.3, 0.4) is 0 Å². The minimum atomic E-state index is -0.700. The smallest absolute Gasteiger partial charge is 0.225 e. The van der Waals surface area contributed by atoms with Crippen LogP contribution >= 0.6 is 0 Å². The van der Waals surface area contributed by atoms with Gasteiger partial charge in [0.15, 0.2) is 5.79 Å². The molecule has 1 spiro atoms. The monoisotopic (exact) mass is 362 g/mol. The van der Waals surface area contributed by atoms with Gasteiger partial charge in [-0.2, -0.15) is 0 Å². The minimum Gasteiger partial charge on any atom is -0.347 e. The van der Waals surface area contributed by atoms with Gasteiger partial charge in [0.05, 0.1) is 32.8 Å². The Morgan fingerprint density at radius 3 is 2.77 bits per heavy atom. The maximum absolute atomic E-state index is 12.9. The zero-order valence-electron chi connectivity index (χ0n) is 15.7. The molecule has 3 fully saturated rings. The summed E-state index contributed by atoms with van der Waals surface area (Å²) in [4.78, 5) is 21.7. The number of imidazole rings is 1. The standard InChI is InChI=1S/C19H30N4O3/c1-21-9-7-20-17(21)13-22-8-4-11-25-19(14-22)15-23(10-12-26-19)18(24)16-5-2-3-6-16/h7,9,16H,2-6,8,10-15H2,1H3. The highest BCUT2D eigenvalue weighted by atomic mass is 16.7. The van der Waals surface area contributed by atoms with Crippen LogP contribution in [0.2, 0.25) is 0 Å². The van der Waals surface area contributed by atoms with E-state index in [1.807, 2.05) is 24.3 Å². The number of hydrogen-bond acceptors (Lipinski definition) is 5. The molecular weight excluding hydrogens is 332 g/mol. The molecule has 3 aliphatic rings. The molecule has 0 aromatic carbocycles. The molecule has 0 bridgehead atoms. The second kappa shape index (κ2) is 7.66. The number of amides is 1. The molecule has 3 heterocycles. The number of aromatic nitrogens is 2. The normalized spacial score (nSPS) is 28.6. The lowest BCUT2D eigenvalue weighted by atomic mass is 10.1. The van der Waals surface area contributed by atoms with E-state index in [1.165, 1.54) is 12.8 Å². The lowest BCUT2D eigenvalue weighted by molar-refractivity contribution is -0.265. The molecule has 1 saturated carbocycles. The molecule has 1 amide bonds. The maximum atomic E-state index is 12.9. The van der Waals surface area contributed by atoms with Crippen molar-refractivity contribution in [2.24, 2.45) is 13.0 Å². The summed E-state index contributed by atoms with van der Waals surface area (Å²) in [7, 11) is 2.02. The summed E-state index contributed by atoms with van der Waals surface area (Å²) in [5.41, 5.74) is 0. The molecule has 7 heteroatoms. The summed E-state index contributed by atoms with van der Waals surface area (Å²) in [5, 5.41) is 0. The van der Waals surface area contributed by atoms with Crippen LogP contribution in [0.4, 0.5) is 0 Å². The Bertz CT molecular complexity index is 628. The van der Waals surface area contributed by atoms with E-state index in [0.29, 0.717) is 38.8 Å². The van der Waals surface area contributed by atoms with Crippen molar-refractivity contribution < 1.29 is 14.3 Å². The van der Waals surface area contributed by atoms with E-state index in [-0.39, 0.29) is 5.92 Å². The molecule has 2 aliphatic heterocycles. The van der Waals surface area contributed by atoms with E-state index < -0.39 is 5.79 Å². The molecule has 1 unspecified atom stereocenters. The lowest BCUT2D eigenvalue weighted by Crippen LogP contribution is -2.59. The van der Waals surface area contributed by atoms with Crippen molar-refractivity contribution in [2.45, 2.75) is 44.4 Å². The summed E-state index contributed by atoms with van der Waals surface area (Å²) < 4.78 is 14.3. The summed E-state index contributed by atoms with van der Waals surface area (Å²) >= 11 is 0. The number of ether oxygens (including phenoxy) is 2. The number of carbonyl (C=O) groups is 1. The van der Waals surface area contributed by atoms with Gasteiger partial charge in [0.2, 0.25) is 5.91 Å². The van der Waals surface area contributed by atoms with Crippen molar-refractivity contribution in [2.75, 3.05) is 39.4 Å². The zero-order valence-corrected chi connectivity index (χ0v) is 15.7. The predicted molar refractivity (Wildman–Crippen MR) is 96.3 cm³/mol. The highest BCUT2D eigenvalue weighted by molar-refractivity contribution is 5.79. The van der Waals surface area contributed by atoms with Gasteiger partial charge in [-0.05, 0) is 19.3 Å². The second-order valence-corrected chi connectivity index (χ2v) is 7.87. The van der Waals surface area contributed by atoms with Crippen LogP contribution in [0.5, 0.6) is 0 Å². The maximum Gasteiger partial charge on any atom is 0.225 e. The van der Waals surface area contributed by atoms with Crippen molar-refractivity contribution in [3.8, 4) is 0 Å². The molecule has 7 nitrogen and oxygen atoms in total. The first kappa shape index (κ1) is 17.9. The van der Waals surface area contributed by atoms with Gasteiger partial charge in [0.1, 0.15) is 5.82 Å². The van der Waals surface area contributed by atoms with Crippen LogP contribution in [0, 0.1) is 5.92 Å². The molecular formula is C19H30N4O3. The Morgan fingerprint density at radius 2 is 2.00 bits per heavy atom. The molecule has 0 N–H and O–H groups in total. The largest absolute Gasteiger partial charge is 0.347 e. The molecule has 4 rings (SSSR count). The van der Waals surface area contributed by atoms with Crippen LogP contribution in [-0.2, 0) is 27.9 Å². The minimum absolute atomic E-state index is 0.208. The Labute approximate surface area is 155 Å². The van der Waals surface area contributed by atoms with Crippen LogP contribution in [0.1, 0.15) is 37.9 Å². The van der Waals surface area contributed by atoms with Gasteiger partial charge in [-0.25, -0.2) is 4.98 Å². The molecule has 144 valence electrons. The fraction of sp³-hybridized carbons (Fsp3) is 0.789. The first-order valence-electron chi connectivity index (χ1n) is 9.90. The highest BCUT2D eigenvalue weighted by Crippen LogP contribution is 2.30. The number of carbonyl (C=O) groups excluding carboxylic acids is 1. The molecule has 1 atom stereocenters. The Morgan fingerprint density at radius 1 is 1.19 bits per heavy atom. The SMILES string of the molecule is Cn1ccnc1CN1CCCOC2(C1)CN(C(=O)C1CCCC1)CCO2. The highest BCUT2D eigenvalue weighted by Gasteiger charge is 2.43.